The molecule has 0 bridgehead atoms. The fraction of sp³-hybridized carbons (Fsp3) is 0.125. The molecule has 0 spiro atoms. The molecule has 0 aromatic heterocycles. The summed E-state index contributed by atoms with van der Waals surface area (Å²) in [6.45, 7) is -1.74. The van der Waals surface area contributed by atoms with Gasteiger partial charge in [-0.05, 0) is 30.5 Å². The lowest BCUT2D eigenvalue weighted by molar-refractivity contribution is 0.500. The van der Waals surface area contributed by atoms with Crippen LogP contribution in [0.5, 0.6) is 0 Å². The minimum Gasteiger partial charge on any atom is -0.445 e. The molecule has 0 aliphatic heterocycles. The van der Waals surface area contributed by atoms with Crippen molar-refractivity contribution in [2.45, 2.75) is 13.8 Å². The highest BCUT2D eigenvalue weighted by atomic mass is 19.4. The summed E-state index contributed by atoms with van der Waals surface area (Å²) in [6.07, 6.45) is 3.75. The number of hydrogen-bond acceptors (Lipinski definition) is 0. The van der Waals surface area contributed by atoms with E-state index in [0.717, 1.165) is 11.1 Å². The van der Waals surface area contributed by atoms with Crippen molar-refractivity contribution in [2.24, 2.45) is 0 Å². The Morgan fingerprint density at radius 2 is 1.50 bits per heavy atom. The van der Waals surface area contributed by atoms with Crippen molar-refractivity contribution in [1.29, 1.82) is 0 Å². The largest absolute Gasteiger partial charge is 0.509 e. The van der Waals surface area contributed by atoms with Crippen LogP contribution in [-0.2, 0) is 0 Å². The average Bonchev–Trinajstić information content (AvgIpc) is 2.39. The molecule has 0 aliphatic rings. The van der Waals surface area contributed by atoms with E-state index >= 15 is 0 Å². The number of benzene rings is 2. The standard InChI is InChI=1S/C16H15BF3/c1-12-11-16(17(18,19)20)13(2)10-15(12)9-8-14-6-4-3-5-7-14/h3-11H,1-2H3/q-1/b9-8+. The second kappa shape index (κ2) is 5.57. The molecule has 2 aromatic carbocycles. The van der Waals surface area contributed by atoms with E-state index in [1.807, 2.05) is 42.5 Å². The molecule has 20 heavy (non-hydrogen) atoms. The highest BCUT2D eigenvalue weighted by molar-refractivity contribution is 6.74. The number of rotatable bonds is 3. The van der Waals surface area contributed by atoms with Crippen LogP contribution < -0.4 is 5.46 Å². The number of hydrogen-bond donors (Lipinski definition) is 0. The van der Waals surface area contributed by atoms with Gasteiger partial charge in [-0.25, -0.2) is 0 Å². The third-order valence-corrected chi connectivity index (χ3v) is 3.26. The third-order valence-electron chi connectivity index (χ3n) is 3.26. The SMILES string of the molecule is Cc1cc([B-](F)(F)F)c(C)cc1/C=C/c1ccccc1. The van der Waals surface area contributed by atoms with Crippen LogP contribution in [0.3, 0.4) is 0 Å². The average molecular weight is 275 g/mol. The minimum atomic E-state index is -4.95. The van der Waals surface area contributed by atoms with Crippen LogP contribution in [0.15, 0.2) is 42.5 Å². The summed E-state index contributed by atoms with van der Waals surface area (Å²) in [5.41, 5.74) is 2.25. The Kier molecular flexibility index (Phi) is 4.02. The Labute approximate surface area is 117 Å². The maximum atomic E-state index is 12.9. The van der Waals surface area contributed by atoms with Gasteiger partial charge in [-0.15, -0.1) is 5.46 Å². The van der Waals surface area contributed by atoms with E-state index in [9.17, 15) is 12.9 Å². The highest BCUT2D eigenvalue weighted by Gasteiger charge is 2.27. The second-order valence-corrected chi connectivity index (χ2v) is 4.88. The van der Waals surface area contributed by atoms with Crippen molar-refractivity contribution in [3.8, 4) is 0 Å². The van der Waals surface area contributed by atoms with Crippen LogP contribution in [0.4, 0.5) is 12.9 Å². The van der Waals surface area contributed by atoms with Gasteiger partial charge in [0.15, 0.2) is 0 Å². The van der Waals surface area contributed by atoms with Crippen LogP contribution in [0.2, 0.25) is 0 Å². The van der Waals surface area contributed by atoms with Gasteiger partial charge in [0, 0.05) is 0 Å². The lowest BCUT2D eigenvalue weighted by atomic mass is 9.75. The second-order valence-electron chi connectivity index (χ2n) is 4.88. The van der Waals surface area contributed by atoms with Crippen LogP contribution >= 0.6 is 0 Å². The summed E-state index contributed by atoms with van der Waals surface area (Å²) < 4.78 is 38.6. The first kappa shape index (κ1) is 14.4. The Hall–Kier alpha value is -1.97. The lowest BCUT2D eigenvalue weighted by Crippen LogP contribution is -2.36. The van der Waals surface area contributed by atoms with Crippen molar-refractivity contribution < 1.29 is 12.9 Å². The molecular weight excluding hydrogens is 260 g/mol. The quantitative estimate of drug-likeness (QED) is 0.570. The Balaban J connectivity index is 2.35. The molecule has 0 saturated heterocycles. The molecule has 104 valence electrons. The molecule has 4 heteroatoms. The highest BCUT2D eigenvalue weighted by Crippen LogP contribution is 2.18. The predicted molar refractivity (Wildman–Crippen MR) is 80.0 cm³/mol. The van der Waals surface area contributed by atoms with Gasteiger partial charge in [0.25, 0.3) is 0 Å². The zero-order chi connectivity index (χ0) is 14.8. The summed E-state index contributed by atoms with van der Waals surface area (Å²) in [4.78, 5) is 0. The van der Waals surface area contributed by atoms with E-state index < -0.39 is 12.4 Å². The Morgan fingerprint density at radius 1 is 0.850 bits per heavy atom. The van der Waals surface area contributed by atoms with Crippen LogP contribution in [-0.4, -0.2) is 6.98 Å². The molecule has 0 fully saturated rings. The van der Waals surface area contributed by atoms with E-state index in [1.165, 1.54) is 13.0 Å². The maximum absolute atomic E-state index is 12.9. The molecule has 0 radical (unpaired) electrons. The van der Waals surface area contributed by atoms with Gasteiger partial charge in [0.1, 0.15) is 0 Å². The zero-order valence-electron chi connectivity index (χ0n) is 11.4. The minimum absolute atomic E-state index is 0.274. The van der Waals surface area contributed by atoms with Gasteiger partial charge in [0.2, 0.25) is 0 Å². The van der Waals surface area contributed by atoms with Crippen LogP contribution in [0, 0.1) is 13.8 Å². The van der Waals surface area contributed by atoms with Gasteiger partial charge in [-0.1, -0.05) is 60.2 Å². The van der Waals surface area contributed by atoms with E-state index in [2.05, 4.69) is 0 Å². The molecule has 0 saturated carbocycles. The summed E-state index contributed by atoms with van der Waals surface area (Å²) in [6, 6.07) is 12.5. The molecule has 0 nitrogen and oxygen atoms in total. The van der Waals surface area contributed by atoms with E-state index in [-0.39, 0.29) is 5.56 Å². The molecule has 0 atom stereocenters. The molecule has 2 aromatic rings. The fourth-order valence-electron chi connectivity index (χ4n) is 2.14. The molecule has 0 heterocycles. The summed E-state index contributed by atoms with van der Waals surface area (Å²) in [5.74, 6) is 0. The molecule has 0 aliphatic carbocycles. The predicted octanol–water partition coefficient (Wildman–Crippen LogP) is 4.53. The van der Waals surface area contributed by atoms with E-state index in [0.29, 0.717) is 5.56 Å². The van der Waals surface area contributed by atoms with Crippen molar-refractivity contribution in [1.82, 2.24) is 0 Å². The van der Waals surface area contributed by atoms with Crippen molar-refractivity contribution in [2.75, 3.05) is 0 Å². The molecule has 0 amide bonds. The van der Waals surface area contributed by atoms with Gasteiger partial charge < -0.3 is 12.9 Å². The van der Waals surface area contributed by atoms with E-state index in [1.54, 1.807) is 13.0 Å². The first-order valence-corrected chi connectivity index (χ1v) is 6.42. The monoisotopic (exact) mass is 275 g/mol. The summed E-state index contributed by atoms with van der Waals surface area (Å²) >= 11 is 0. The van der Waals surface area contributed by atoms with Gasteiger partial charge in [-0.2, -0.15) is 0 Å². The smallest absolute Gasteiger partial charge is 0.445 e. The molecular formula is C16H15BF3-. The molecule has 0 unspecified atom stereocenters. The van der Waals surface area contributed by atoms with Gasteiger partial charge in [0.05, 0.1) is 0 Å². The maximum Gasteiger partial charge on any atom is 0.509 e. The first-order chi connectivity index (χ1) is 9.38. The van der Waals surface area contributed by atoms with Gasteiger partial charge in [-0.3, -0.25) is 0 Å². The molecule has 0 N–H and O–H groups in total. The third kappa shape index (κ3) is 3.32. The Morgan fingerprint density at radius 3 is 2.10 bits per heavy atom. The number of aryl methyl sites for hydroxylation is 2. The van der Waals surface area contributed by atoms with Crippen LogP contribution in [0.25, 0.3) is 12.2 Å². The lowest BCUT2D eigenvalue weighted by Gasteiger charge is -2.19. The molecule has 2 rings (SSSR count). The summed E-state index contributed by atoms with van der Waals surface area (Å²) in [7, 11) is 0. The van der Waals surface area contributed by atoms with Crippen LogP contribution in [0.1, 0.15) is 22.3 Å². The topological polar surface area (TPSA) is 0 Å². The Bertz CT molecular complexity index is 628. The first-order valence-electron chi connectivity index (χ1n) is 6.42. The van der Waals surface area contributed by atoms with Gasteiger partial charge >= 0.3 is 6.98 Å². The van der Waals surface area contributed by atoms with Crippen molar-refractivity contribution in [3.63, 3.8) is 0 Å². The number of halogens is 3. The zero-order valence-corrected chi connectivity index (χ0v) is 11.4. The van der Waals surface area contributed by atoms with Crippen molar-refractivity contribution >= 4 is 24.6 Å². The normalized spacial score (nSPS) is 12.1. The fourth-order valence-corrected chi connectivity index (χ4v) is 2.14. The summed E-state index contributed by atoms with van der Waals surface area (Å²) in [5, 5.41) is 0. The van der Waals surface area contributed by atoms with Crippen molar-refractivity contribution in [3.05, 3.63) is 64.7 Å². The van der Waals surface area contributed by atoms with E-state index in [4.69, 9.17) is 0 Å².